The van der Waals surface area contributed by atoms with Crippen LogP contribution in [-0.2, 0) is 0 Å². The van der Waals surface area contributed by atoms with Crippen molar-refractivity contribution in [2.45, 2.75) is 38.6 Å². The monoisotopic (exact) mass is 204 g/mol. The minimum atomic E-state index is 0.429. The Morgan fingerprint density at radius 2 is 2.40 bits per heavy atom. The van der Waals surface area contributed by atoms with Gasteiger partial charge in [-0.1, -0.05) is 25.3 Å². The topological polar surface area (TPSA) is 24.9 Å². The lowest BCUT2D eigenvalue weighted by Gasteiger charge is -2.26. The molecule has 0 spiro atoms. The van der Waals surface area contributed by atoms with Gasteiger partial charge in [-0.05, 0) is 37.4 Å². The van der Waals surface area contributed by atoms with E-state index >= 15 is 0 Å². The van der Waals surface area contributed by atoms with Crippen molar-refractivity contribution in [2.75, 3.05) is 6.54 Å². The summed E-state index contributed by atoms with van der Waals surface area (Å²) in [5.74, 6) is 0.999. The van der Waals surface area contributed by atoms with E-state index in [1.54, 1.807) is 0 Å². The molecular weight excluding hydrogens is 184 g/mol. The highest BCUT2D eigenvalue weighted by molar-refractivity contribution is 5.12. The quantitative estimate of drug-likeness (QED) is 0.797. The lowest BCUT2D eigenvalue weighted by Crippen LogP contribution is -2.24. The van der Waals surface area contributed by atoms with Crippen LogP contribution in [0.3, 0.4) is 0 Å². The van der Waals surface area contributed by atoms with Crippen molar-refractivity contribution in [2.24, 2.45) is 5.92 Å². The summed E-state index contributed by atoms with van der Waals surface area (Å²) in [6, 6.07) is 4.56. The minimum absolute atomic E-state index is 0.429. The number of hydrogen-bond acceptors (Lipinski definition) is 2. The van der Waals surface area contributed by atoms with Crippen molar-refractivity contribution < 1.29 is 0 Å². The standard InChI is InChI=1S/C13H20N2/c1-11(13-6-3-8-14-10-13)15-9-7-12-4-2-5-12/h3,6,8,10-12,15H,2,4-5,7,9H2,1H3. The third kappa shape index (κ3) is 3.03. The summed E-state index contributed by atoms with van der Waals surface area (Å²) in [6.45, 7) is 3.35. The van der Waals surface area contributed by atoms with Gasteiger partial charge >= 0.3 is 0 Å². The third-order valence-electron chi connectivity index (χ3n) is 3.41. The second-order valence-corrected chi connectivity index (χ2v) is 4.55. The van der Waals surface area contributed by atoms with E-state index in [-0.39, 0.29) is 0 Å². The van der Waals surface area contributed by atoms with Gasteiger partial charge < -0.3 is 5.32 Å². The predicted octanol–water partition coefficient (Wildman–Crippen LogP) is 2.92. The fraction of sp³-hybridized carbons (Fsp3) is 0.615. The highest BCUT2D eigenvalue weighted by atomic mass is 14.9. The van der Waals surface area contributed by atoms with Crippen LogP contribution < -0.4 is 5.32 Å². The average Bonchev–Trinajstić information content (AvgIpc) is 2.23. The number of aromatic nitrogens is 1. The van der Waals surface area contributed by atoms with Crippen LogP contribution in [0.5, 0.6) is 0 Å². The van der Waals surface area contributed by atoms with E-state index in [9.17, 15) is 0 Å². The van der Waals surface area contributed by atoms with E-state index in [0.717, 1.165) is 12.5 Å². The molecule has 1 atom stereocenters. The third-order valence-corrected chi connectivity index (χ3v) is 3.41. The van der Waals surface area contributed by atoms with Crippen molar-refractivity contribution in [1.29, 1.82) is 0 Å². The van der Waals surface area contributed by atoms with E-state index in [2.05, 4.69) is 23.3 Å². The Kier molecular flexibility index (Phi) is 3.73. The first-order valence-corrected chi connectivity index (χ1v) is 5.99. The summed E-state index contributed by atoms with van der Waals surface area (Å²) in [4.78, 5) is 4.14. The highest BCUT2D eigenvalue weighted by Gasteiger charge is 2.16. The van der Waals surface area contributed by atoms with Crippen LogP contribution >= 0.6 is 0 Å². The molecule has 1 heterocycles. The zero-order valence-corrected chi connectivity index (χ0v) is 9.45. The maximum Gasteiger partial charge on any atom is 0.0315 e. The molecule has 1 aliphatic carbocycles. The van der Waals surface area contributed by atoms with E-state index in [0.29, 0.717) is 6.04 Å². The van der Waals surface area contributed by atoms with Crippen LogP contribution in [0.25, 0.3) is 0 Å². The molecule has 2 rings (SSSR count). The molecule has 0 radical (unpaired) electrons. The molecule has 1 unspecified atom stereocenters. The Hall–Kier alpha value is -0.890. The van der Waals surface area contributed by atoms with Gasteiger partial charge in [-0.3, -0.25) is 4.98 Å². The summed E-state index contributed by atoms with van der Waals surface area (Å²) in [5, 5.41) is 3.56. The van der Waals surface area contributed by atoms with Crippen LogP contribution in [0.1, 0.15) is 44.2 Å². The number of rotatable bonds is 5. The van der Waals surface area contributed by atoms with Crippen LogP contribution in [0.2, 0.25) is 0 Å². The smallest absolute Gasteiger partial charge is 0.0315 e. The van der Waals surface area contributed by atoms with Gasteiger partial charge in [0.1, 0.15) is 0 Å². The van der Waals surface area contributed by atoms with Gasteiger partial charge in [0.2, 0.25) is 0 Å². The van der Waals surface area contributed by atoms with Gasteiger partial charge in [0.15, 0.2) is 0 Å². The Bertz CT molecular complexity index is 280. The SMILES string of the molecule is CC(NCCC1CCC1)c1cccnc1. The molecule has 82 valence electrons. The molecule has 1 aliphatic rings. The second kappa shape index (κ2) is 5.26. The summed E-state index contributed by atoms with van der Waals surface area (Å²) >= 11 is 0. The van der Waals surface area contributed by atoms with E-state index in [1.165, 1.54) is 31.2 Å². The molecule has 1 aromatic rings. The van der Waals surface area contributed by atoms with Crippen LogP contribution in [0.4, 0.5) is 0 Å². The molecule has 0 saturated heterocycles. The average molecular weight is 204 g/mol. The first-order chi connectivity index (χ1) is 7.36. The van der Waals surface area contributed by atoms with Gasteiger partial charge in [-0.15, -0.1) is 0 Å². The Morgan fingerprint density at radius 1 is 1.53 bits per heavy atom. The van der Waals surface area contributed by atoms with Crippen molar-refractivity contribution in [3.8, 4) is 0 Å². The molecule has 0 bridgehead atoms. The van der Waals surface area contributed by atoms with Crippen molar-refractivity contribution in [3.05, 3.63) is 30.1 Å². The lowest BCUT2D eigenvalue weighted by atomic mass is 9.83. The van der Waals surface area contributed by atoms with Crippen LogP contribution in [-0.4, -0.2) is 11.5 Å². The maximum absolute atomic E-state index is 4.14. The van der Waals surface area contributed by atoms with E-state index in [1.807, 2.05) is 18.5 Å². The molecule has 0 amide bonds. The van der Waals surface area contributed by atoms with E-state index < -0.39 is 0 Å². The molecule has 1 aromatic heterocycles. The number of hydrogen-bond donors (Lipinski definition) is 1. The largest absolute Gasteiger partial charge is 0.310 e. The normalized spacial score (nSPS) is 18.5. The molecule has 1 fully saturated rings. The Labute approximate surface area is 92.1 Å². The molecule has 15 heavy (non-hydrogen) atoms. The highest BCUT2D eigenvalue weighted by Crippen LogP contribution is 2.28. The Morgan fingerprint density at radius 3 is 3.00 bits per heavy atom. The predicted molar refractivity (Wildman–Crippen MR) is 62.6 cm³/mol. The zero-order valence-electron chi connectivity index (χ0n) is 9.45. The minimum Gasteiger partial charge on any atom is -0.310 e. The summed E-state index contributed by atoms with van der Waals surface area (Å²) in [6.07, 6.45) is 9.45. The van der Waals surface area contributed by atoms with Gasteiger partial charge in [0.05, 0.1) is 0 Å². The van der Waals surface area contributed by atoms with Crippen LogP contribution in [0.15, 0.2) is 24.5 Å². The molecule has 0 aliphatic heterocycles. The van der Waals surface area contributed by atoms with Crippen molar-refractivity contribution in [3.63, 3.8) is 0 Å². The van der Waals surface area contributed by atoms with Crippen molar-refractivity contribution in [1.82, 2.24) is 10.3 Å². The first kappa shape index (κ1) is 10.6. The summed E-state index contributed by atoms with van der Waals surface area (Å²) in [7, 11) is 0. The fourth-order valence-corrected chi connectivity index (χ4v) is 2.04. The van der Waals surface area contributed by atoms with Gasteiger partial charge in [-0.2, -0.15) is 0 Å². The lowest BCUT2D eigenvalue weighted by molar-refractivity contribution is 0.288. The van der Waals surface area contributed by atoms with Gasteiger partial charge in [0, 0.05) is 18.4 Å². The molecule has 0 aromatic carbocycles. The number of pyridine rings is 1. The first-order valence-electron chi connectivity index (χ1n) is 5.99. The molecule has 2 heteroatoms. The molecular formula is C13H20N2. The molecule has 2 nitrogen and oxygen atoms in total. The van der Waals surface area contributed by atoms with Gasteiger partial charge in [0.25, 0.3) is 0 Å². The fourth-order valence-electron chi connectivity index (χ4n) is 2.04. The molecule has 1 saturated carbocycles. The number of nitrogens with one attached hydrogen (secondary N) is 1. The summed E-state index contributed by atoms with van der Waals surface area (Å²) in [5.41, 5.74) is 1.28. The molecule has 1 N–H and O–H groups in total. The maximum atomic E-state index is 4.14. The zero-order chi connectivity index (χ0) is 10.5. The van der Waals surface area contributed by atoms with Gasteiger partial charge in [-0.25, -0.2) is 0 Å². The van der Waals surface area contributed by atoms with Crippen molar-refractivity contribution >= 4 is 0 Å². The Balaban J connectivity index is 1.70. The second-order valence-electron chi connectivity index (χ2n) is 4.55. The summed E-state index contributed by atoms with van der Waals surface area (Å²) < 4.78 is 0. The van der Waals surface area contributed by atoms with E-state index in [4.69, 9.17) is 0 Å². The number of nitrogens with zero attached hydrogens (tertiary/aromatic N) is 1. The van der Waals surface area contributed by atoms with Crippen LogP contribution in [0, 0.1) is 5.92 Å².